The smallest absolute Gasteiger partial charge is 0.241 e. The Morgan fingerprint density at radius 3 is 2.56 bits per heavy atom. The second-order valence-corrected chi connectivity index (χ2v) is 5.22. The standard InChI is InChI=1S/C14H15ClN2O/c1-9-2-4-10(5-3-9)11-6-12(7-11)14-16-13(8-15)18-17-14/h2-5,11-12H,6-8H2,1H3. The summed E-state index contributed by atoms with van der Waals surface area (Å²) >= 11 is 5.65. The molecule has 1 heterocycles. The highest BCUT2D eigenvalue weighted by Crippen LogP contribution is 2.46. The number of hydrogen-bond donors (Lipinski definition) is 0. The summed E-state index contributed by atoms with van der Waals surface area (Å²) < 4.78 is 5.03. The Bertz CT molecular complexity index is 529. The Morgan fingerprint density at radius 1 is 1.22 bits per heavy atom. The number of halogens is 1. The Morgan fingerprint density at radius 2 is 1.94 bits per heavy atom. The minimum Gasteiger partial charge on any atom is -0.338 e. The van der Waals surface area contributed by atoms with Gasteiger partial charge in [-0.3, -0.25) is 0 Å². The molecule has 2 aromatic rings. The van der Waals surface area contributed by atoms with E-state index < -0.39 is 0 Å². The van der Waals surface area contributed by atoms with Crippen LogP contribution >= 0.6 is 11.6 Å². The molecular formula is C14H15ClN2O. The van der Waals surface area contributed by atoms with Gasteiger partial charge in [0.15, 0.2) is 5.82 Å². The van der Waals surface area contributed by atoms with Crippen LogP contribution in [0.1, 0.15) is 47.5 Å². The van der Waals surface area contributed by atoms with E-state index in [1.165, 1.54) is 11.1 Å². The predicted molar refractivity (Wildman–Crippen MR) is 69.8 cm³/mol. The zero-order valence-corrected chi connectivity index (χ0v) is 11.0. The van der Waals surface area contributed by atoms with Crippen molar-refractivity contribution in [3.05, 3.63) is 47.1 Å². The number of nitrogens with zero attached hydrogens (tertiary/aromatic N) is 2. The van der Waals surface area contributed by atoms with Crippen molar-refractivity contribution >= 4 is 11.6 Å². The van der Waals surface area contributed by atoms with Gasteiger partial charge in [0.1, 0.15) is 5.88 Å². The van der Waals surface area contributed by atoms with Gasteiger partial charge in [-0.2, -0.15) is 4.98 Å². The SMILES string of the molecule is Cc1ccc(C2CC(c3noc(CCl)n3)C2)cc1. The normalized spacial score (nSPS) is 22.8. The lowest BCUT2D eigenvalue weighted by Crippen LogP contribution is -2.21. The molecule has 0 radical (unpaired) electrons. The van der Waals surface area contributed by atoms with Crippen LogP contribution in [0.5, 0.6) is 0 Å². The van der Waals surface area contributed by atoms with Gasteiger partial charge in [-0.05, 0) is 31.2 Å². The average Bonchev–Trinajstić information content (AvgIpc) is 2.78. The number of benzene rings is 1. The van der Waals surface area contributed by atoms with Gasteiger partial charge in [0.05, 0.1) is 0 Å². The van der Waals surface area contributed by atoms with Crippen LogP contribution < -0.4 is 0 Å². The lowest BCUT2D eigenvalue weighted by atomic mass is 9.71. The fraction of sp³-hybridized carbons (Fsp3) is 0.429. The van der Waals surface area contributed by atoms with Crippen molar-refractivity contribution < 1.29 is 4.52 Å². The van der Waals surface area contributed by atoms with Gasteiger partial charge in [-0.25, -0.2) is 0 Å². The number of aryl methyl sites for hydroxylation is 1. The monoisotopic (exact) mass is 262 g/mol. The first kappa shape index (κ1) is 11.7. The van der Waals surface area contributed by atoms with Gasteiger partial charge in [-0.15, -0.1) is 11.6 Å². The van der Waals surface area contributed by atoms with Crippen molar-refractivity contribution in [2.24, 2.45) is 0 Å². The number of aromatic nitrogens is 2. The van der Waals surface area contributed by atoms with E-state index in [0.717, 1.165) is 18.7 Å². The Kier molecular flexibility index (Phi) is 3.08. The first-order valence-electron chi connectivity index (χ1n) is 6.21. The molecule has 1 saturated carbocycles. The van der Waals surface area contributed by atoms with Crippen molar-refractivity contribution in [2.45, 2.75) is 37.5 Å². The maximum Gasteiger partial charge on any atom is 0.241 e. The zero-order valence-electron chi connectivity index (χ0n) is 10.3. The van der Waals surface area contributed by atoms with E-state index >= 15 is 0 Å². The molecule has 1 fully saturated rings. The topological polar surface area (TPSA) is 38.9 Å². The van der Waals surface area contributed by atoms with Gasteiger partial charge in [-0.1, -0.05) is 35.0 Å². The maximum absolute atomic E-state index is 5.65. The highest BCUT2D eigenvalue weighted by atomic mass is 35.5. The largest absolute Gasteiger partial charge is 0.338 e. The number of hydrogen-bond acceptors (Lipinski definition) is 3. The van der Waals surface area contributed by atoms with E-state index in [4.69, 9.17) is 16.1 Å². The van der Waals surface area contributed by atoms with E-state index in [1.807, 2.05) is 0 Å². The van der Waals surface area contributed by atoms with Crippen LogP contribution in [0, 0.1) is 6.92 Å². The summed E-state index contributed by atoms with van der Waals surface area (Å²) in [5.41, 5.74) is 2.72. The Hall–Kier alpha value is -1.35. The molecule has 0 bridgehead atoms. The summed E-state index contributed by atoms with van der Waals surface area (Å²) in [6.45, 7) is 2.11. The van der Waals surface area contributed by atoms with Crippen molar-refractivity contribution in [3.8, 4) is 0 Å². The summed E-state index contributed by atoms with van der Waals surface area (Å²) in [5, 5.41) is 3.98. The van der Waals surface area contributed by atoms with E-state index in [2.05, 4.69) is 41.3 Å². The third-order valence-electron chi connectivity index (χ3n) is 3.65. The molecule has 0 unspecified atom stereocenters. The Labute approximate surface area is 111 Å². The Balaban J connectivity index is 1.64. The molecule has 0 spiro atoms. The van der Waals surface area contributed by atoms with Crippen molar-refractivity contribution in [2.75, 3.05) is 0 Å². The zero-order chi connectivity index (χ0) is 12.5. The van der Waals surface area contributed by atoms with Crippen LogP contribution in [-0.4, -0.2) is 10.1 Å². The van der Waals surface area contributed by atoms with Crippen molar-refractivity contribution in [1.82, 2.24) is 10.1 Å². The molecule has 18 heavy (non-hydrogen) atoms. The van der Waals surface area contributed by atoms with Gasteiger partial charge < -0.3 is 4.52 Å². The molecule has 0 N–H and O–H groups in total. The third kappa shape index (κ3) is 2.15. The van der Waals surface area contributed by atoms with E-state index in [-0.39, 0.29) is 0 Å². The molecule has 1 aliphatic rings. The van der Waals surface area contributed by atoms with Crippen LogP contribution in [0.3, 0.4) is 0 Å². The van der Waals surface area contributed by atoms with E-state index in [0.29, 0.717) is 23.6 Å². The highest BCUT2D eigenvalue weighted by molar-refractivity contribution is 6.16. The van der Waals surface area contributed by atoms with Crippen molar-refractivity contribution in [1.29, 1.82) is 0 Å². The summed E-state index contributed by atoms with van der Waals surface area (Å²) in [5.74, 6) is 2.69. The number of alkyl halides is 1. The minimum atomic E-state index is 0.293. The van der Waals surface area contributed by atoms with Gasteiger partial charge >= 0.3 is 0 Å². The first-order valence-corrected chi connectivity index (χ1v) is 6.74. The summed E-state index contributed by atoms with van der Waals surface area (Å²) in [6.07, 6.45) is 2.20. The molecule has 0 saturated heterocycles. The highest BCUT2D eigenvalue weighted by Gasteiger charge is 2.34. The molecule has 1 aromatic heterocycles. The molecule has 0 amide bonds. The molecule has 4 heteroatoms. The molecular weight excluding hydrogens is 248 g/mol. The summed E-state index contributed by atoms with van der Waals surface area (Å²) in [4.78, 5) is 4.28. The molecule has 1 aromatic carbocycles. The molecule has 1 aliphatic carbocycles. The van der Waals surface area contributed by atoms with E-state index in [1.54, 1.807) is 0 Å². The van der Waals surface area contributed by atoms with Crippen LogP contribution in [0.2, 0.25) is 0 Å². The lowest BCUT2D eigenvalue weighted by Gasteiger charge is -2.33. The third-order valence-corrected chi connectivity index (χ3v) is 3.88. The maximum atomic E-state index is 5.65. The summed E-state index contributed by atoms with van der Waals surface area (Å²) in [6, 6.07) is 8.78. The quantitative estimate of drug-likeness (QED) is 0.790. The number of rotatable bonds is 3. The van der Waals surface area contributed by atoms with Gasteiger partial charge in [0, 0.05) is 5.92 Å². The van der Waals surface area contributed by atoms with Crippen LogP contribution in [-0.2, 0) is 5.88 Å². The molecule has 0 atom stereocenters. The fourth-order valence-corrected chi connectivity index (χ4v) is 2.54. The van der Waals surface area contributed by atoms with Gasteiger partial charge in [0.25, 0.3) is 0 Å². The second-order valence-electron chi connectivity index (χ2n) is 4.96. The second kappa shape index (κ2) is 4.73. The predicted octanol–water partition coefficient (Wildman–Crippen LogP) is 3.78. The van der Waals surface area contributed by atoms with E-state index in [9.17, 15) is 0 Å². The lowest BCUT2D eigenvalue weighted by molar-refractivity contribution is 0.318. The molecule has 3 nitrogen and oxygen atoms in total. The molecule has 3 rings (SSSR count). The fourth-order valence-electron chi connectivity index (χ4n) is 2.43. The summed E-state index contributed by atoms with van der Waals surface area (Å²) in [7, 11) is 0. The average molecular weight is 263 g/mol. The van der Waals surface area contributed by atoms with Crippen LogP contribution in [0.4, 0.5) is 0 Å². The minimum absolute atomic E-state index is 0.293. The van der Waals surface area contributed by atoms with Crippen LogP contribution in [0.25, 0.3) is 0 Å². The van der Waals surface area contributed by atoms with Crippen LogP contribution in [0.15, 0.2) is 28.8 Å². The first-order chi connectivity index (χ1) is 8.76. The van der Waals surface area contributed by atoms with Gasteiger partial charge in [0.2, 0.25) is 5.89 Å². The van der Waals surface area contributed by atoms with Crippen molar-refractivity contribution in [3.63, 3.8) is 0 Å². The molecule has 94 valence electrons. The molecule has 0 aliphatic heterocycles.